The molecule has 3 aromatic rings. The predicted octanol–water partition coefficient (Wildman–Crippen LogP) is 4.93. The van der Waals surface area contributed by atoms with Crippen molar-refractivity contribution in [2.45, 2.75) is 43.8 Å². The van der Waals surface area contributed by atoms with Gasteiger partial charge in [0, 0.05) is 29.8 Å². The molecular weight excluding hydrogens is 383 g/mol. The van der Waals surface area contributed by atoms with Crippen LogP contribution in [0.4, 0.5) is 4.39 Å². The first-order valence-corrected chi connectivity index (χ1v) is 10.6. The molecule has 1 aliphatic carbocycles. The SMILES string of the molecule is Fc1cccc(-n2cccc2[C@@H]2[C@@H](c3ccccn3)NC(=S)N2C2CCCC2)c1. The second-order valence-corrected chi connectivity index (χ2v) is 8.14. The molecule has 0 bridgehead atoms. The van der Waals surface area contributed by atoms with E-state index in [4.69, 9.17) is 12.2 Å². The number of benzene rings is 1. The van der Waals surface area contributed by atoms with Crippen molar-refractivity contribution >= 4 is 17.3 Å². The number of hydrogen-bond acceptors (Lipinski definition) is 2. The lowest BCUT2D eigenvalue weighted by Gasteiger charge is -2.33. The highest BCUT2D eigenvalue weighted by atomic mass is 32.1. The molecule has 29 heavy (non-hydrogen) atoms. The van der Waals surface area contributed by atoms with Gasteiger partial charge in [0.2, 0.25) is 0 Å². The van der Waals surface area contributed by atoms with Crippen LogP contribution in [0.3, 0.4) is 0 Å². The van der Waals surface area contributed by atoms with Crippen molar-refractivity contribution in [1.29, 1.82) is 0 Å². The third kappa shape index (κ3) is 3.31. The Morgan fingerprint density at radius 1 is 1.03 bits per heavy atom. The van der Waals surface area contributed by atoms with Crippen LogP contribution in [0.2, 0.25) is 0 Å². The summed E-state index contributed by atoms with van der Waals surface area (Å²) in [7, 11) is 0. The summed E-state index contributed by atoms with van der Waals surface area (Å²) in [5.41, 5.74) is 2.87. The molecule has 2 aliphatic rings. The van der Waals surface area contributed by atoms with Crippen molar-refractivity contribution in [3.8, 4) is 5.69 Å². The molecule has 0 amide bonds. The molecule has 0 radical (unpaired) electrons. The van der Waals surface area contributed by atoms with E-state index < -0.39 is 0 Å². The first-order chi connectivity index (χ1) is 14.2. The third-order valence-electron chi connectivity index (χ3n) is 6.02. The van der Waals surface area contributed by atoms with Crippen LogP contribution >= 0.6 is 12.2 Å². The maximum Gasteiger partial charge on any atom is 0.170 e. The largest absolute Gasteiger partial charge is 0.352 e. The smallest absolute Gasteiger partial charge is 0.170 e. The summed E-state index contributed by atoms with van der Waals surface area (Å²) in [5.74, 6) is -0.240. The minimum Gasteiger partial charge on any atom is -0.352 e. The van der Waals surface area contributed by atoms with Crippen molar-refractivity contribution < 1.29 is 4.39 Å². The average Bonchev–Trinajstić information content (AvgIpc) is 3.48. The maximum atomic E-state index is 13.9. The number of halogens is 1. The predicted molar refractivity (Wildman–Crippen MR) is 115 cm³/mol. The van der Waals surface area contributed by atoms with Crippen molar-refractivity contribution in [1.82, 2.24) is 19.8 Å². The summed E-state index contributed by atoms with van der Waals surface area (Å²) < 4.78 is 16.0. The molecule has 6 heteroatoms. The molecule has 1 N–H and O–H groups in total. The Hall–Kier alpha value is -2.73. The van der Waals surface area contributed by atoms with Crippen molar-refractivity contribution in [3.63, 3.8) is 0 Å². The van der Waals surface area contributed by atoms with Gasteiger partial charge in [-0.1, -0.05) is 25.0 Å². The van der Waals surface area contributed by atoms with E-state index in [1.54, 1.807) is 12.1 Å². The Labute approximate surface area is 175 Å². The van der Waals surface area contributed by atoms with E-state index in [-0.39, 0.29) is 17.9 Å². The fraction of sp³-hybridized carbons (Fsp3) is 0.304. The number of nitrogens with zero attached hydrogens (tertiary/aromatic N) is 3. The molecule has 2 fully saturated rings. The van der Waals surface area contributed by atoms with Gasteiger partial charge in [-0.3, -0.25) is 4.98 Å². The van der Waals surface area contributed by atoms with Gasteiger partial charge in [-0.2, -0.15) is 0 Å². The van der Waals surface area contributed by atoms with Crippen LogP contribution in [0.5, 0.6) is 0 Å². The molecule has 1 saturated carbocycles. The first kappa shape index (κ1) is 18.3. The molecule has 2 aromatic heterocycles. The van der Waals surface area contributed by atoms with E-state index in [0.717, 1.165) is 35.0 Å². The second-order valence-electron chi connectivity index (χ2n) is 7.76. The standard InChI is InChI=1S/C23H23FN4S/c24-16-7-5-10-18(15-16)27-14-6-12-20(27)22-21(19-11-3-4-13-25-19)26-23(29)28(22)17-8-1-2-9-17/h3-7,10-15,17,21-22H,1-2,8-9H2,(H,26,29)/t21-,22-/m1/s1. The fourth-order valence-electron chi connectivity index (χ4n) is 4.75. The van der Waals surface area contributed by atoms with E-state index in [9.17, 15) is 4.39 Å². The molecule has 1 aliphatic heterocycles. The molecule has 3 heterocycles. The van der Waals surface area contributed by atoms with E-state index in [2.05, 4.69) is 25.8 Å². The van der Waals surface area contributed by atoms with Crippen LogP contribution in [0.15, 0.2) is 67.0 Å². The van der Waals surface area contributed by atoms with Crippen LogP contribution < -0.4 is 5.32 Å². The van der Waals surface area contributed by atoms with E-state index >= 15 is 0 Å². The Morgan fingerprint density at radius 2 is 1.90 bits per heavy atom. The van der Waals surface area contributed by atoms with Gasteiger partial charge in [0.25, 0.3) is 0 Å². The zero-order valence-corrected chi connectivity index (χ0v) is 16.9. The normalized spacial score (nSPS) is 22.2. The Bertz CT molecular complexity index is 1010. The Kier molecular flexibility index (Phi) is 4.79. The highest BCUT2D eigenvalue weighted by Crippen LogP contribution is 2.43. The number of hydrogen-bond donors (Lipinski definition) is 1. The quantitative estimate of drug-likeness (QED) is 0.623. The first-order valence-electron chi connectivity index (χ1n) is 10.2. The topological polar surface area (TPSA) is 33.1 Å². The fourth-order valence-corrected chi connectivity index (χ4v) is 5.14. The second kappa shape index (κ2) is 7.59. The highest BCUT2D eigenvalue weighted by Gasteiger charge is 2.44. The summed E-state index contributed by atoms with van der Waals surface area (Å²) in [6.07, 6.45) is 8.57. The van der Waals surface area contributed by atoms with Gasteiger partial charge in [-0.15, -0.1) is 0 Å². The van der Waals surface area contributed by atoms with Gasteiger partial charge in [-0.25, -0.2) is 4.39 Å². The van der Waals surface area contributed by atoms with Crippen molar-refractivity contribution in [2.75, 3.05) is 0 Å². The molecule has 1 aromatic carbocycles. The van der Waals surface area contributed by atoms with Gasteiger partial charge in [-0.05, 0) is 67.5 Å². The monoisotopic (exact) mass is 406 g/mol. The van der Waals surface area contributed by atoms with Gasteiger partial charge in [0.1, 0.15) is 5.82 Å². The summed E-state index contributed by atoms with van der Waals surface area (Å²) >= 11 is 5.80. The van der Waals surface area contributed by atoms with Crippen LogP contribution in [-0.2, 0) is 0 Å². The van der Waals surface area contributed by atoms with Crippen LogP contribution in [0, 0.1) is 5.82 Å². The number of rotatable bonds is 4. The summed E-state index contributed by atoms with van der Waals surface area (Å²) in [4.78, 5) is 6.98. The number of thiocarbonyl (C=S) groups is 1. The number of pyridine rings is 1. The van der Waals surface area contributed by atoms with Gasteiger partial charge in [0.05, 0.1) is 17.8 Å². The summed E-state index contributed by atoms with van der Waals surface area (Å²) in [6, 6.07) is 17.2. The van der Waals surface area contributed by atoms with E-state index in [0.29, 0.717) is 6.04 Å². The van der Waals surface area contributed by atoms with Crippen LogP contribution in [0.25, 0.3) is 5.69 Å². The minimum atomic E-state index is -0.240. The third-order valence-corrected chi connectivity index (χ3v) is 6.35. The van der Waals surface area contributed by atoms with Crippen molar-refractivity contribution in [2.24, 2.45) is 0 Å². The molecule has 2 atom stereocenters. The number of nitrogens with one attached hydrogen (secondary N) is 1. The molecule has 4 nitrogen and oxygen atoms in total. The minimum absolute atomic E-state index is 0.00114. The van der Waals surface area contributed by atoms with Gasteiger partial charge < -0.3 is 14.8 Å². The van der Waals surface area contributed by atoms with Crippen LogP contribution in [-0.4, -0.2) is 25.6 Å². The van der Waals surface area contributed by atoms with Crippen LogP contribution in [0.1, 0.15) is 49.2 Å². The van der Waals surface area contributed by atoms with E-state index in [1.165, 1.54) is 18.9 Å². The Morgan fingerprint density at radius 3 is 2.66 bits per heavy atom. The summed E-state index contributed by atoms with van der Waals surface area (Å²) in [6.45, 7) is 0. The lowest BCUT2D eigenvalue weighted by atomic mass is 9.99. The Balaban J connectivity index is 1.62. The van der Waals surface area contributed by atoms with Crippen molar-refractivity contribution in [3.05, 3.63) is 84.2 Å². The molecule has 5 rings (SSSR count). The van der Waals surface area contributed by atoms with Gasteiger partial charge in [0.15, 0.2) is 5.11 Å². The molecule has 148 valence electrons. The molecule has 0 spiro atoms. The number of aromatic nitrogens is 2. The highest BCUT2D eigenvalue weighted by molar-refractivity contribution is 7.80. The summed E-state index contributed by atoms with van der Waals surface area (Å²) in [5, 5.41) is 4.32. The zero-order valence-electron chi connectivity index (χ0n) is 16.0. The molecule has 0 unspecified atom stereocenters. The van der Waals surface area contributed by atoms with E-state index in [1.807, 2.05) is 42.7 Å². The lowest BCUT2D eigenvalue weighted by molar-refractivity contribution is 0.239. The zero-order chi connectivity index (χ0) is 19.8. The molecule has 1 saturated heterocycles. The lowest BCUT2D eigenvalue weighted by Crippen LogP contribution is -2.38. The average molecular weight is 407 g/mol. The van der Waals surface area contributed by atoms with Gasteiger partial charge >= 0.3 is 0 Å². The maximum absolute atomic E-state index is 13.9. The molecular formula is C23H23FN4S.